The molecule has 3 rings (SSSR count). The Kier molecular flexibility index (Phi) is 11.6. The lowest BCUT2D eigenvalue weighted by Crippen LogP contribution is -2.43. The van der Waals surface area contributed by atoms with Crippen molar-refractivity contribution in [1.82, 2.24) is 5.32 Å². The monoisotopic (exact) mass is 497 g/mol. The van der Waals surface area contributed by atoms with Crippen LogP contribution in [-0.2, 0) is 22.4 Å². The van der Waals surface area contributed by atoms with Crippen LogP contribution in [0.25, 0.3) is 0 Å². The number of aliphatic hydroxyl groups is 1. The maximum atomic E-state index is 11.6. The van der Waals surface area contributed by atoms with Crippen LogP contribution in [0.2, 0.25) is 0 Å². The molecule has 1 aliphatic heterocycles. The molecule has 1 fully saturated rings. The van der Waals surface area contributed by atoms with Crippen molar-refractivity contribution in [3.63, 3.8) is 0 Å². The molecule has 1 aliphatic rings. The minimum atomic E-state index is -0.469. The van der Waals surface area contributed by atoms with Crippen molar-refractivity contribution < 1.29 is 24.5 Å². The molecule has 0 saturated carbocycles. The van der Waals surface area contributed by atoms with Gasteiger partial charge in [-0.25, -0.2) is 0 Å². The SMILES string of the molecule is CCCCCC(O)CC(CCc1ccc(O)c(OC2CCNC(Cc3ccccc3)C2)c1)OC(C)=O. The van der Waals surface area contributed by atoms with Gasteiger partial charge in [-0.2, -0.15) is 0 Å². The number of ether oxygens (including phenoxy) is 2. The molecule has 198 valence electrons. The molecule has 0 aromatic heterocycles. The number of benzene rings is 2. The minimum absolute atomic E-state index is 0.0353. The Morgan fingerprint density at radius 2 is 1.92 bits per heavy atom. The van der Waals surface area contributed by atoms with E-state index in [-0.39, 0.29) is 23.9 Å². The fraction of sp³-hybridized carbons (Fsp3) is 0.567. The zero-order valence-corrected chi connectivity index (χ0v) is 21.8. The molecule has 1 saturated heterocycles. The van der Waals surface area contributed by atoms with Crippen molar-refractivity contribution in [1.29, 1.82) is 0 Å². The number of aromatic hydroxyl groups is 1. The maximum Gasteiger partial charge on any atom is 0.302 e. The van der Waals surface area contributed by atoms with Crippen LogP contribution in [0.15, 0.2) is 48.5 Å². The average Bonchev–Trinajstić information content (AvgIpc) is 2.85. The second-order valence-electron chi connectivity index (χ2n) is 10.1. The number of phenolic OH excluding ortho intramolecular Hbond substituents is 1. The van der Waals surface area contributed by atoms with E-state index in [0.29, 0.717) is 31.1 Å². The molecule has 0 spiro atoms. The van der Waals surface area contributed by atoms with E-state index in [9.17, 15) is 15.0 Å². The van der Waals surface area contributed by atoms with Gasteiger partial charge in [-0.1, -0.05) is 62.6 Å². The lowest BCUT2D eigenvalue weighted by Gasteiger charge is -2.31. The Morgan fingerprint density at radius 1 is 1.11 bits per heavy atom. The minimum Gasteiger partial charge on any atom is -0.504 e. The summed E-state index contributed by atoms with van der Waals surface area (Å²) in [5.41, 5.74) is 2.31. The first-order chi connectivity index (χ1) is 17.4. The summed E-state index contributed by atoms with van der Waals surface area (Å²) in [6.45, 7) is 4.43. The second kappa shape index (κ2) is 14.9. The van der Waals surface area contributed by atoms with Gasteiger partial charge < -0.3 is 25.0 Å². The number of nitrogens with one attached hydrogen (secondary N) is 1. The van der Waals surface area contributed by atoms with E-state index < -0.39 is 6.10 Å². The molecule has 0 aliphatic carbocycles. The first-order valence-corrected chi connectivity index (χ1v) is 13.5. The Balaban J connectivity index is 1.55. The summed E-state index contributed by atoms with van der Waals surface area (Å²) in [7, 11) is 0. The summed E-state index contributed by atoms with van der Waals surface area (Å²) in [5, 5.41) is 24.4. The van der Waals surface area contributed by atoms with Crippen molar-refractivity contribution >= 4 is 5.97 Å². The summed E-state index contributed by atoms with van der Waals surface area (Å²) < 4.78 is 11.8. The third-order valence-corrected chi connectivity index (χ3v) is 6.85. The number of aryl methyl sites for hydroxylation is 1. The van der Waals surface area contributed by atoms with E-state index in [4.69, 9.17) is 9.47 Å². The number of aliphatic hydroxyl groups excluding tert-OH is 1. The highest BCUT2D eigenvalue weighted by Gasteiger charge is 2.24. The van der Waals surface area contributed by atoms with E-state index in [1.54, 1.807) is 6.07 Å². The van der Waals surface area contributed by atoms with Gasteiger partial charge in [-0.3, -0.25) is 4.79 Å². The number of phenols is 1. The van der Waals surface area contributed by atoms with Gasteiger partial charge in [-0.05, 0) is 68.3 Å². The summed E-state index contributed by atoms with van der Waals surface area (Å²) in [5.74, 6) is 0.313. The number of hydrogen-bond acceptors (Lipinski definition) is 6. The lowest BCUT2D eigenvalue weighted by molar-refractivity contribution is -0.148. The summed E-state index contributed by atoms with van der Waals surface area (Å²) in [4.78, 5) is 11.6. The number of unbranched alkanes of at least 4 members (excludes halogenated alkanes) is 2. The third-order valence-electron chi connectivity index (χ3n) is 6.85. The molecule has 1 heterocycles. The molecule has 4 unspecified atom stereocenters. The Labute approximate surface area is 216 Å². The van der Waals surface area contributed by atoms with Gasteiger partial charge in [0.1, 0.15) is 12.2 Å². The number of carbonyl (C=O) groups excluding carboxylic acids is 1. The van der Waals surface area contributed by atoms with E-state index in [1.165, 1.54) is 12.5 Å². The molecule has 0 bridgehead atoms. The van der Waals surface area contributed by atoms with Crippen LogP contribution in [0.3, 0.4) is 0 Å². The molecular formula is C30H43NO5. The Bertz CT molecular complexity index is 919. The molecule has 6 nitrogen and oxygen atoms in total. The highest BCUT2D eigenvalue weighted by molar-refractivity contribution is 5.66. The first kappa shape index (κ1) is 28.0. The molecule has 36 heavy (non-hydrogen) atoms. The first-order valence-electron chi connectivity index (χ1n) is 13.5. The summed E-state index contributed by atoms with van der Waals surface area (Å²) in [6, 6.07) is 16.2. The van der Waals surface area contributed by atoms with E-state index >= 15 is 0 Å². The Hall–Kier alpha value is -2.57. The largest absolute Gasteiger partial charge is 0.504 e. The Morgan fingerprint density at radius 3 is 2.67 bits per heavy atom. The average molecular weight is 498 g/mol. The van der Waals surface area contributed by atoms with Crippen LogP contribution in [-0.4, -0.2) is 47.1 Å². The van der Waals surface area contributed by atoms with E-state index in [2.05, 4.69) is 36.5 Å². The van der Waals surface area contributed by atoms with Crippen molar-refractivity contribution in [3.8, 4) is 11.5 Å². The number of rotatable bonds is 14. The zero-order chi connectivity index (χ0) is 25.8. The number of carbonyl (C=O) groups is 1. The van der Waals surface area contributed by atoms with E-state index in [1.807, 2.05) is 18.2 Å². The number of piperidine rings is 1. The smallest absolute Gasteiger partial charge is 0.302 e. The van der Waals surface area contributed by atoms with Gasteiger partial charge in [0, 0.05) is 19.4 Å². The molecule has 0 radical (unpaired) electrons. The summed E-state index contributed by atoms with van der Waals surface area (Å²) >= 11 is 0. The molecule has 0 amide bonds. The zero-order valence-electron chi connectivity index (χ0n) is 21.8. The number of esters is 1. The standard InChI is InChI=1S/C30H43NO5/c1-3-4-6-11-26(33)21-27(35-22(2)32)14-12-24-13-15-29(34)30(19-24)36-28-16-17-31-25(20-28)18-23-9-7-5-8-10-23/h5,7-10,13,15,19,25-28,31,33-34H,3-4,6,11-12,14,16-18,20-21H2,1-2H3. The third kappa shape index (κ3) is 9.82. The summed E-state index contributed by atoms with van der Waals surface area (Å²) in [6.07, 6.45) is 7.58. The van der Waals surface area contributed by atoms with Crippen molar-refractivity contribution in [2.24, 2.45) is 0 Å². The lowest BCUT2D eigenvalue weighted by atomic mass is 9.95. The maximum absolute atomic E-state index is 11.6. The predicted octanol–water partition coefficient (Wildman–Crippen LogP) is 5.33. The van der Waals surface area contributed by atoms with Crippen molar-refractivity contribution in [2.75, 3.05) is 6.54 Å². The fourth-order valence-electron chi connectivity index (χ4n) is 4.95. The molecular weight excluding hydrogens is 454 g/mol. The topological polar surface area (TPSA) is 88.0 Å². The van der Waals surface area contributed by atoms with Crippen molar-refractivity contribution in [3.05, 3.63) is 59.7 Å². The number of hydrogen-bond donors (Lipinski definition) is 3. The van der Waals surface area contributed by atoms with Gasteiger partial charge in [0.2, 0.25) is 0 Å². The quantitative estimate of drug-likeness (QED) is 0.242. The molecule has 2 aromatic rings. The molecule has 2 aromatic carbocycles. The normalized spacial score (nSPS) is 19.4. The van der Waals surface area contributed by atoms with Crippen LogP contribution in [0.5, 0.6) is 11.5 Å². The van der Waals surface area contributed by atoms with Crippen LogP contribution in [0.4, 0.5) is 0 Å². The van der Waals surface area contributed by atoms with Gasteiger partial charge >= 0.3 is 5.97 Å². The van der Waals surface area contributed by atoms with Crippen LogP contribution in [0, 0.1) is 0 Å². The van der Waals surface area contributed by atoms with Crippen LogP contribution >= 0.6 is 0 Å². The van der Waals surface area contributed by atoms with Crippen molar-refractivity contribution in [2.45, 2.75) is 102 Å². The van der Waals surface area contributed by atoms with Gasteiger partial charge in [-0.15, -0.1) is 0 Å². The fourth-order valence-corrected chi connectivity index (χ4v) is 4.95. The predicted molar refractivity (Wildman–Crippen MR) is 142 cm³/mol. The van der Waals surface area contributed by atoms with Gasteiger partial charge in [0.25, 0.3) is 0 Å². The molecule has 6 heteroatoms. The van der Waals surface area contributed by atoms with E-state index in [0.717, 1.165) is 57.1 Å². The van der Waals surface area contributed by atoms with Crippen LogP contribution in [0.1, 0.15) is 76.3 Å². The second-order valence-corrected chi connectivity index (χ2v) is 10.1. The van der Waals surface area contributed by atoms with Crippen LogP contribution < -0.4 is 10.1 Å². The van der Waals surface area contributed by atoms with Gasteiger partial charge in [0.05, 0.1) is 6.10 Å². The highest BCUT2D eigenvalue weighted by Crippen LogP contribution is 2.31. The molecule has 3 N–H and O–H groups in total. The highest BCUT2D eigenvalue weighted by atomic mass is 16.5. The molecule has 4 atom stereocenters. The van der Waals surface area contributed by atoms with Gasteiger partial charge in [0.15, 0.2) is 11.5 Å².